The van der Waals surface area contributed by atoms with Gasteiger partial charge in [-0.2, -0.15) is 4.31 Å². The number of sulfonamides is 1. The van der Waals surface area contributed by atoms with E-state index in [0.717, 1.165) is 10.7 Å². The van der Waals surface area contributed by atoms with E-state index in [0.29, 0.717) is 44.8 Å². The fourth-order valence-electron chi connectivity index (χ4n) is 2.62. The monoisotopic (exact) mass is 395 g/mol. The number of aryl methyl sites for hydroxylation is 1. The Morgan fingerprint density at radius 3 is 2.58 bits per heavy atom. The SMILES string of the molecule is Cc1csc(CCNC(=O)c2ccc(S(=O)(=O)N3CCOCC3)cc2)n1. The first kappa shape index (κ1) is 19.0. The van der Waals surface area contributed by atoms with Gasteiger partial charge in [0.2, 0.25) is 10.0 Å². The number of ether oxygens (including phenoxy) is 1. The summed E-state index contributed by atoms with van der Waals surface area (Å²) in [6, 6.07) is 6.03. The molecule has 1 amide bonds. The van der Waals surface area contributed by atoms with Gasteiger partial charge in [-0.1, -0.05) is 0 Å². The van der Waals surface area contributed by atoms with Gasteiger partial charge < -0.3 is 10.1 Å². The van der Waals surface area contributed by atoms with Gasteiger partial charge in [0.25, 0.3) is 5.91 Å². The van der Waals surface area contributed by atoms with Gasteiger partial charge in [-0.15, -0.1) is 11.3 Å². The summed E-state index contributed by atoms with van der Waals surface area (Å²) in [6.45, 7) is 3.92. The zero-order valence-corrected chi connectivity index (χ0v) is 16.1. The number of thiazole rings is 1. The summed E-state index contributed by atoms with van der Waals surface area (Å²) in [5, 5.41) is 5.79. The van der Waals surface area contributed by atoms with Crippen molar-refractivity contribution in [2.45, 2.75) is 18.2 Å². The molecule has 0 spiro atoms. The van der Waals surface area contributed by atoms with E-state index in [2.05, 4.69) is 10.3 Å². The van der Waals surface area contributed by atoms with Crippen molar-refractivity contribution in [1.29, 1.82) is 0 Å². The molecule has 1 N–H and O–H groups in total. The Labute approximate surface area is 157 Å². The molecule has 0 unspecified atom stereocenters. The molecule has 1 aromatic carbocycles. The Bertz CT molecular complexity index is 856. The van der Waals surface area contributed by atoms with Crippen LogP contribution in [0.15, 0.2) is 34.5 Å². The van der Waals surface area contributed by atoms with Crippen LogP contribution in [-0.2, 0) is 21.2 Å². The maximum Gasteiger partial charge on any atom is 0.251 e. The predicted octanol–water partition coefficient (Wildman–Crippen LogP) is 1.44. The predicted molar refractivity (Wildman–Crippen MR) is 98.9 cm³/mol. The highest BCUT2D eigenvalue weighted by atomic mass is 32.2. The average molecular weight is 396 g/mol. The molecule has 0 atom stereocenters. The van der Waals surface area contributed by atoms with Gasteiger partial charge >= 0.3 is 0 Å². The highest BCUT2D eigenvalue weighted by molar-refractivity contribution is 7.89. The molecule has 1 fully saturated rings. The molecule has 1 aromatic heterocycles. The minimum Gasteiger partial charge on any atom is -0.379 e. The van der Waals surface area contributed by atoms with E-state index in [1.807, 2.05) is 12.3 Å². The molecule has 140 valence electrons. The van der Waals surface area contributed by atoms with Gasteiger partial charge in [0, 0.05) is 42.7 Å². The summed E-state index contributed by atoms with van der Waals surface area (Å²) in [6.07, 6.45) is 0.674. The van der Waals surface area contributed by atoms with E-state index in [4.69, 9.17) is 4.74 Å². The average Bonchev–Trinajstić information content (AvgIpc) is 3.07. The number of amides is 1. The fraction of sp³-hybridized carbons (Fsp3) is 0.412. The molecule has 26 heavy (non-hydrogen) atoms. The summed E-state index contributed by atoms with van der Waals surface area (Å²) < 4.78 is 31.7. The highest BCUT2D eigenvalue weighted by Gasteiger charge is 2.26. The first-order valence-electron chi connectivity index (χ1n) is 8.34. The lowest BCUT2D eigenvalue weighted by molar-refractivity contribution is 0.0730. The molecule has 0 aliphatic carbocycles. The second-order valence-corrected chi connectivity index (χ2v) is 8.81. The summed E-state index contributed by atoms with van der Waals surface area (Å²) in [7, 11) is -3.54. The normalized spacial score (nSPS) is 15.7. The van der Waals surface area contributed by atoms with Gasteiger partial charge in [-0.05, 0) is 31.2 Å². The molecule has 1 aliphatic rings. The van der Waals surface area contributed by atoms with Crippen LogP contribution in [0.1, 0.15) is 21.1 Å². The van der Waals surface area contributed by atoms with Crippen molar-refractivity contribution in [2.75, 3.05) is 32.8 Å². The number of rotatable bonds is 6. The van der Waals surface area contributed by atoms with Crippen LogP contribution in [0.4, 0.5) is 0 Å². The molecule has 1 aliphatic heterocycles. The first-order valence-corrected chi connectivity index (χ1v) is 10.7. The maximum atomic E-state index is 12.6. The van der Waals surface area contributed by atoms with Crippen LogP contribution in [0, 0.1) is 6.92 Å². The summed E-state index contributed by atoms with van der Waals surface area (Å²) in [5.74, 6) is -0.228. The number of nitrogens with zero attached hydrogens (tertiary/aromatic N) is 2. The Morgan fingerprint density at radius 2 is 1.96 bits per heavy atom. The van der Waals surface area contributed by atoms with Crippen LogP contribution in [-0.4, -0.2) is 56.5 Å². The fourth-order valence-corrected chi connectivity index (χ4v) is 4.80. The van der Waals surface area contributed by atoms with E-state index in [1.165, 1.54) is 28.6 Å². The first-order chi connectivity index (χ1) is 12.5. The van der Waals surface area contributed by atoms with E-state index in [1.54, 1.807) is 11.3 Å². The lowest BCUT2D eigenvalue weighted by Crippen LogP contribution is -2.40. The molecule has 2 heterocycles. The third kappa shape index (κ3) is 4.47. The van der Waals surface area contributed by atoms with E-state index in [9.17, 15) is 13.2 Å². The van der Waals surface area contributed by atoms with E-state index < -0.39 is 10.0 Å². The number of benzene rings is 1. The Balaban J connectivity index is 1.58. The molecule has 0 bridgehead atoms. The molecule has 3 rings (SSSR count). The van der Waals surface area contributed by atoms with Crippen molar-refractivity contribution in [2.24, 2.45) is 0 Å². The van der Waals surface area contributed by atoms with Crippen molar-refractivity contribution >= 4 is 27.3 Å². The molecule has 0 radical (unpaired) electrons. The largest absolute Gasteiger partial charge is 0.379 e. The van der Waals surface area contributed by atoms with Crippen molar-refractivity contribution in [3.63, 3.8) is 0 Å². The Kier molecular flexibility index (Phi) is 6.02. The number of hydrogen-bond acceptors (Lipinski definition) is 6. The van der Waals surface area contributed by atoms with Crippen LogP contribution in [0.5, 0.6) is 0 Å². The highest BCUT2D eigenvalue weighted by Crippen LogP contribution is 2.17. The molecule has 2 aromatic rings. The van der Waals surface area contributed by atoms with Gasteiger partial charge in [0.05, 0.1) is 23.1 Å². The molecule has 0 saturated carbocycles. The van der Waals surface area contributed by atoms with Crippen LogP contribution in [0.3, 0.4) is 0 Å². The smallest absolute Gasteiger partial charge is 0.251 e. The molecular formula is C17H21N3O4S2. The lowest BCUT2D eigenvalue weighted by Gasteiger charge is -2.26. The van der Waals surface area contributed by atoms with Gasteiger partial charge in [-0.3, -0.25) is 4.79 Å². The van der Waals surface area contributed by atoms with E-state index >= 15 is 0 Å². The third-order valence-corrected chi connectivity index (χ3v) is 6.95. The van der Waals surface area contributed by atoms with Crippen LogP contribution in [0.2, 0.25) is 0 Å². The number of carbonyl (C=O) groups excluding carboxylic acids is 1. The Hall–Kier alpha value is -1.81. The number of nitrogens with one attached hydrogen (secondary N) is 1. The second-order valence-electron chi connectivity index (χ2n) is 5.93. The van der Waals surface area contributed by atoms with Crippen LogP contribution < -0.4 is 5.32 Å². The van der Waals surface area contributed by atoms with Crippen molar-refractivity contribution < 1.29 is 17.9 Å². The Morgan fingerprint density at radius 1 is 1.27 bits per heavy atom. The molecule has 9 heteroatoms. The molecule has 1 saturated heterocycles. The number of aromatic nitrogens is 1. The quantitative estimate of drug-likeness (QED) is 0.800. The van der Waals surface area contributed by atoms with Gasteiger partial charge in [0.1, 0.15) is 0 Å². The number of hydrogen-bond donors (Lipinski definition) is 1. The topological polar surface area (TPSA) is 88.6 Å². The number of carbonyl (C=O) groups is 1. The van der Waals surface area contributed by atoms with Crippen molar-refractivity contribution in [1.82, 2.24) is 14.6 Å². The third-order valence-electron chi connectivity index (χ3n) is 4.02. The summed E-state index contributed by atoms with van der Waals surface area (Å²) in [4.78, 5) is 16.7. The standard InChI is InChI=1S/C17H21N3O4S2/c1-13-12-25-16(19-13)6-7-18-17(21)14-2-4-15(5-3-14)26(22,23)20-8-10-24-11-9-20/h2-5,12H,6-11H2,1H3,(H,18,21). The summed E-state index contributed by atoms with van der Waals surface area (Å²) >= 11 is 1.57. The van der Waals surface area contributed by atoms with Gasteiger partial charge in [-0.25, -0.2) is 13.4 Å². The minimum absolute atomic E-state index is 0.189. The van der Waals surface area contributed by atoms with Crippen LogP contribution >= 0.6 is 11.3 Å². The second kappa shape index (κ2) is 8.26. The minimum atomic E-state index is -3.54. The van der Waals surface area contributed by atoms with Crippen molar-refractivity contribution in [3.05, 3.63) is 45.9 Å². The lowest BCUT2D eigenvalue weighted by atomic mass is 10.2. The van der Waals surface area contributed by atoms with E-state index in [-0.39, 0.29) is 10.8 Å². The van der Waals surface area contributed by atoms with Crippen molar-refractivity contribution in [3.8, 4) is 0 Å². The zero-order valence-electron chi connectivity index (χ0n) is 14.5. The number of morpholine rings is 1. The van der Waals surface area contributed by atoms with Crippen LogP contribution in [0.25, 0.3) is 0 Å². The molecule has 7 nitrogen and oxygen atoms in total. The molecular weight excluding hydrogens is 374 g/mol. The zero-order chi connectivity index (χ0) is 18.6. The van der Waals surface area contributed by atoms with Gasteiger partial charge in [0.15, 0.2) is 0 Å². The maximum absolute atomic E-state index is 12.6. The summed E-state index contributed by atoms with van der Waals surface area (Å²) in [5.41, 5.74) is 1.41.